The first-order valence-corrected chi connectivity index (χ1v) is 7.79. The number of nitrogens with zero attached hydrogens (tertiary/aromatic N) is 2. The van der Waals surface area contributed by atoms with Gasteiger partial charge in [0.1, 0.15) is 0 Å². The third-order valence-electron chi connectivity index (χ3n) is 4.94. The first-order valence-electron chi connectivity index (χ1n) is 7.79. The largest absolute Gasteiger partial charge is 0.348 e. The van der Waals surface area contributed by atoms with Crippen molar-refractivity contribution < 1.29 is 4.79 Å². The van der Waals surface area contributed by atoms with Crippen molar-refractivity contribution in [3.63, 3.8) is 0 Å². The summed E-state index contributed by atoms with van der Waals surface area (Å²) in [5.74, 6) is 0.838. The Morgan fingerprint density at radius 1 is 1.29 bits per heavy atom. The van der Waals surface area contributed by atoms with Crippen molar-refractivity contribution in [3.05, 3.63) is 41.7 Å². The first-order chi connectivity index (χ1) is 10.2. The van der Waals surface area contributed by atoms with Crippen LogP contribution in [0.3, 0.4) is 0 Å². The second-order valence-corrected chi connectivity index (χ2v) is 6.53. The predicted octanol–water partition coefficient (Wildman–Crippen LogP) is 2.07. The van der Waals surface area contributed by atoms with E-state index in [-0.39, 0.29) is 5.91 Å². The number of aromatic nitrogens is 1. The summed E-state index contributed by atoms with van der Waals surface area (Å²) in [5.41, 5.74) is 3.07. The highest BCUT2D eigenvalue weighted by molar-refractivity contribution is 5.95. The number of pyridine rings is 1. The SMILES string of the molecule is Cc1ccn2ccc(C(=O)N[C@@H]3C[C@@H]4CCN(C4)C3)cc12. The van der Waals surface area contributed by atoms with Gasteiger partial charge in [0.15, 0.2) is 0 Å². The van der Waals surface area contributed by atoms with E-state index in [1.54, 1.807) is 0 Å². The summed E-state index contributed by atoms with van der Waals surface area (Å²) in [6, 6.07) is 6.27. The maximum absolute atomic E-state index is 12.5. The van der Waals surface area contributed by atoms with Crippen LogP contribution >= 0.6 is 0 Å². The summed E-state index contributed by atoms with van der Waals surface area (Å²) in [4.78, 5) is 15.0. The average molecular weight is 283 g/mol. The van der Waals surface area contributed by atoms with Gasteiger partial charge in [-0.1, -0.05) is 0 Å². The molecule has 2 fully saturated rings. The van der Waals surface area contributed by atoms with Crippen molar-refractivity contribution in [2.24, 2.45) is 5.92 Å². The Morgan fingerprint density at radius 3 is 3.00 bits per heavy atom. The highest BCUT2D eigenvalue weighted by Gasteiger charge is 2.32. The molecule has 2 aliphatic heterocycles. The zero-order valence-corrected chi connectivity index (χ0v) is 12.4. The molecular weight excluding hydrogens is 262 g/mol. The Balaban J connectivity index is 1.52. The van der Waals surface area contributed by atoms with E-state index in [1.807, 2.05) is 24.5 Å². The second kappa shape index (κ2) is 4.88. The van der Waals surface area contributed by atoms with E-state index in [4.69, 9.17) is 0 Å². The number of carbonyl (C=O) groups is 1. The maximum Gasteiger partial charge on any atom is 0.251 e. The molecule has 0 radical (unpaired) electrons. The standard InChI is InChI=1S/C17H21N3O/c1-12-2-6-20-7-4-14(9-16(12)20)17(21)18-15-8-13-3-5-19(10-13)11-15/h2,4,6-7,9,13,15H,3,5,8,10-11H2,1H3,(H,18,21)/t13-,15+/m0/s1. The number of rotatable bonds is 2. The summed E-state index contributed by atoms with van der Waals surface area (Å²) in [7, 11) is 0. The van der Waals surface area contributed by atoms with Crippen molar-refractivity contribution in [1.82, 2.24) is 14.6 Å². The molecule has 2 aromatic heterocycles. The van der Waals surface area contributed by atoms with Crippen LogP contribution in [0.5, 0.6) is 0 Å². The predicted molar refractivity (Wildman–Crippen MR) is 82.6 cm³/mol. The fourth-order valence-corrected chi connectivity index (χ4v) is 3.81. The molecule has 0 aliphatic carbocycles. The molecule has 110 valence electrons. The minimum absolute atomic E-state index is 0.0607. The van der Waals surface area contributed by atoms with E-state index in [0.29, 0.717) is 6.04 Å². The van der Waals surface area contributed by atoms with Gasteiger partial charge >= 0.3 is 0 Å². The molecule has 0 spiro atoms. The molecule has 3 atom stereocenters. The fraction of sp³-hybridized carbons (Fsp3) is 0.471. The van der Waals surface area contributed by atoms with E-state index in [0.717, 1.165) is 30.0 Å². The van der Waals surface area contributed by atoms with Gasteiger partial charge in [-0.3, -0.25) is 4.79 Å². The zero-order chi connectivity index (χ0) is 14.4. The third kappa shape index (κ3) is 2.33. The lowest BCUT2D eigenvalue weighted by Gasteiger charge is -2.30. The summed E-state index contributed by atoms with van der Waals surface area (Å²) in [5, 5.41) is 3.22. The first kappa shape index (κ1) is 12.9. The molecule has 2 aliphatic rings. The Bertz CT molecular complexity index is 678. The van der Waals surface area contributed by atoms with E-state index >= 15 is 0 Å². The number of carbonyl (C=O) groups excluding carboxylic acids is 1. The minimum atomic E-state index is 0.0607. The molecule has 2 aromatic rings. The molecule has 2 bridgehead atoms. The lowest BCUT2D eigenvalue weighted by atomic mass is 9.96. The van der Waals surface area contributed by atoms with Gasteiger partial charge in [0.2, 0.25) is 0 Å². The Kier molecular flexibility index (Phi) is 3.00. The van der Waals surface area contributed by atoms with Gasteiger partial charge in [-0.05, 0) is 56.0 Å². The lowest BCUT2D eigenvalue weighted by Crippen LogP contribution is -2.47. The molecule has 21 heavy (non-hydrogen) atoms. The molecule has 4 rings (SSSR count). The van der Waals surface area contributed by atoms with Crippen LogP contribution in [0.25, 0.3) is 5.52 Å². The third-order valence-corrected chi connectivity index (χ3v) is 4.94. The van der Waals surface area contributed by atoms with Gasteiger partial charge < -0.3 is 14.6 Å². The average Bonchev–Trinajstić information content (AvgIpc) is 3.02. The van der Waals surface area contributed by atoms with Crippen LogP contribution in [0.15, 0.2) is 30.6 Å². The number of hydrogen-bond acceptors (Lipinski definition) is 2. The van der Waals surface area contributed by atoms with Crippen LogP contribution in [0.1, 0.15) is 28.8 Å². The van der Waals surface area contributed by atoms with Gasteiger partial charge in [-0.15, -0.1) is 0 Å². The normalized spacial score (nSPS) is 28.0. The van der Waals surface area contributed by atoms with Gasteiger partial charge in [0.05, 0.1) is 0 Å². The van der Waals surface area contributed by atoms with Crippen molar-refractivity contribution in [2.45, 2.75) is 25.8 Å². The van der Waals surface area contributed by atoms with Crippen LogP contribution in [-0.2, 0) is 0 Å². The molecule has 4 heterocycles. The molecule has 4 nitrogen and oxygen atoms in total. The number of hydrogen-bond donors (Lipinski definition) is 1. The summed E-state index contributed by atoms with van der Waals surface area (Å²) in [6.07, 6.45) is 6.42. The van der Waals surface area contributed by atoms with E-state index < -0.39 is 0 Å². The number of fused-ring (bicyclic) bond motifs is 3. The Morgan fingerprint density at radius 2 is 2.14 bits per heavy atom. The quantitative estimate of drug-likeness (QED) is 0.916. The fourth-order valence-electron chi connectivity index (χ4n) is 3.81. The van der Waals surface area contributed by atoms with Crippen molar-refractivity contribution in [3.8, 4) is 0 Å². The highest BCUT2D eigenvalue weighted by atomic mass is 16.1. The van der Waals surface area contributed by atoms with Crippen LogP contribution in [0, 0.1) is 12.8 Å². The monoisotopic (exact) mass is 283 g/mol. The molecule has 1 amide bonds. The van der Waals surface area contributed by atoms with Crippen LogP contribution in [0.4, 0.5) is 0 Å². The van der Waals surface area contributed by atoms with E-state index in [2.05, 4.69) is 27.6 Å². The minimum Gasteiger partial charge on any atom is -0.348 e. The molecule has 1 unspecified atom stereocenters. The van der Waals surface area contributed by atoms with Gasteiger partial charge in [-0.25, -0.2) is 0 Å². The number of piperidine rings is 1. The van der Waals surface area contributed by atoms with Crippen molar-refractivity contribution in [1.29, 1.82) is 0 Å². The lowest BCUT2D eigenvalue weighted by molar-refractivity contribution is 0.0909. The van der Waals surface area contributed by atoms with Gasteiger partial charge in [0, 0.05) is 42.6 Å². The van der Waals surface area contributed by atoms with Crippen LogP contribution in [-0.4, -0.2) is 40.9 Å². The smallest absolute Gasteiger partial charge is 0.251 e. The van der Waals surface area contributed by atoms with Gasteiger partial charge in [-0.2, -0.15) is 0 Å². The summed E-state index contributed by atoms with van der Waals surface area (Å²) in [6.45, 7) is 5.51. The topological polar surface area (TPSA) is 36.8 Å². The molecule has 1 N–H and O–H groups in total. The van der Waals surface area contributed by atoms with E-state index in [1.165, 1.54) is 25.1 Å². The molecular formula is C17H21N3O. The Labute approximate surface area is 124 Å². The van der Waals surface area contributed by atoms with E-state index in [9.17, 15) is 4.79 Å². The van der Waals surface area contributed by atoms with Crippen LogP contribution < -0.4 is 5.32 Å². The van der Waals surface area contributed by atoms with Crippen molar-refractivity contribution in [2.75, 3.05) is 19.6 Å². The number of amides is 1. The molecule has 2 saturated heterocycles. The van der Waals surface area contributed by atoms with Crippen molar-refractivity contribution >= 4 is 11.4 Å². The molecule has 4 heteroatoms. The van der Waals surface area contributed by atoms with Crippen LogP contribution in [0.2, 0.25) is 0 Å². The number of nitrogens with one attached hydrogen (secondary N) is 1. The molecule has 0 aromatic carbocycles. The zero-order valence-electron chi connectivity index (χ0n) is 12.4. The maximum atomic E-state index is 12.5. The highest BCUT2D eigenvalue weighted by Crippen LogP contribution is 2.26. The molecule has 0 saturated carbocycles. The summed E-state index contributed by atoms with van der Waals surface area (Å²) >= 11 is 0. The summed E-state index contributed by atoms with van der Waals surface area (Å²) < 4.78 is 2.05. The second-order valence-electron chi connectivity index (χ2n) is 6.53. The number of aryl methyl sites for hydroxylation is 1. The Hall–Kier alpha value is -1.81. The van der Waals surface area contributed by atoms with Gasteiger partial charge in [0.25, 0.3) is 5.91 Å².